The maximum Gasteiger partial charge on any atom is 0.239 e. The lowest BCUT2D eigenvalue weighted by Gasteiger charge is -2.17. The quantitative estimate of drug-likeness (QED) is 0.781. The Morgan fingerprint density at radius 2 is 2.18 bits per heavy atom. The summed E-state index contributed by atoms with van der Waals surface area (Å²) in [5, 5.41) is 3.99. The highest BCUT2D eigenvalue weighted by Gasteiger charge is 2.49. The molecule has 0 bridgehead atoms. The van der Waals surface area contributed by atoms with Crippen molar-refractivity contribution in [3.05, 3.63) is 11.7 Å². The van der Waals surface area contributed by atoms with Gasteiger partial charge in [0.05, 0.1) is 13.2 Å². The molecule has 0 aromatic carbocycles. The molecule has 2 fully saturated rings. The number of ether oxygens (including phenoxy) is 1. The molecule has 5 heteroatoms. The summed E-state index contributed by atoms with van der Waals surface area (Å²) in [6, 6.07) is 0. The number of Topliss-reactive ketones (excluding diaryl/α,β-unsaturated/α-hetero) is 1. The number of carbonyl (C=O) groups excluding carboxylic acids is 1. The van der Waals surface area contributed by atoms with Crippen LogP contribution >= 0.6 is 0 Å². The topological polar surface area (TPSA) is 65.2 Å². The van der Waals surface area contributed by atoms with Crippen molar-refractivity contribution in [2.75, 3.05) is 13.2 Å². The van der Waals surface area contributed by atoms with E-state index in [0.29, 0.717) is 31.4 Å². The third kappa shape index (κ3) is 1.88. The SMILES string of the molecule is CC1(C)CC1c1noc(C2COCCC2=O)n1. The predicted molar refractivity (Wildman–Crippen MR) is 58.6 cm³/mol. The third-order valence-corrected chi connectivity index (χ3v) is 3.75. The fourth-order valence-corrected chi connectivity index (χ4v) is 2.29. The molecule has 2 heterocycles. The van der Waals surface area contributed by atoms with Crippen molar-refractivity contribution in [1.29, 1.82) is 0 Å². The van der Waals surface area contributed by atoms with Crippen LogP contribution in [0.3, 0.4) is 0 Å². The molecule has 0 N–H and O–H groups in total. The first-order chi connectivity index (χ1) is 8.08. The molecule has 1 aromatic rings. The van der Waals surface area contributed by atoms with Gasteiger partial charge in [-0.3, -0.25) is 4.79 Å². The standard InChI is InChI=1S/C12H16N2O3/c1-12(2)5-8(12)10-13-11(17-14-10)7-6-16-4-3-9(7)15/h7-8H,3-6H2,1-2H3. The minimum atomic E-state index is -0.355. The second-order valence-corrected chi connectivity index (χ2v) is 5.58. The summed E-state index contributed by atoms with van der Waals surface area (Å²) < 4.78 is 10.5. The highest BCUT2D eigenvalue weighted by molar-refractivity contribution is 5.85. The Balaban J connectivity index is 1.78. The molecule has 1 saturated heterocycles. The summed E-state index contributed by atoms with van der Waals surface area (Å²) in [4.78, 5) is 16.1. The first kappa shape index (κ1) is 10.9. The first-order valence-electron chi connectivity index (χ1n) is 6.02. The van der Waals surface area contributed by atoms with Crippen LogP contribution in [-0.4, -0.2) is 29.1 Å². The van der Waals surface area contributed by atoms with E-state index in [1.54, 1.807) is 0 Å². The average Bonchev–Trinajstić information content (AvgIpc) is 2.76. The molecule has 0 amide bonds. The summed E-state index contributed by atoms with van der Waals surface area (Å²) >= 11 is 0. The number of carbonyl (C=O) groups is 1. The van der Waals surface area contributed by atoms with Crippen LogP contribution in [0.4, 0.5) is 0 Å². The molecule has 1 aromatic heterocycles. The molecule has 3 rings (SSSR count). The zero-order chi connectivity index (χ0) is 12.0. The summed E-state index contributed by atoms with van der Waals surface area (Å²) in [6.07, 6.45) is 1.53. The molecule has 0 radical (unpaired) electrons. The molecular weight excluding hydrogens is 220 g/mol. The van der Waals surface area contributed by atoms with Gasteiger partial charge in [0.15, 0.2) is 5.82 Å². The zero-order valence-electron chi connectivity index (χ0n) is 10.1. The largest absolute Gasteiger partial charge is 0.380 e. The average molecular weight is 236 g/mol. The van der Waals surface area contributed by atoms with Gasteiger partial charge in [-0.1, -0.05) is 19.0 Å². The molecule has 17 heavy (non-hydrogen) atoms. The van der Waals surface area contributed by atoms with Crippen LogP contribution < -0.4 is 0 Å². The Morgan fingerprint density at radius 3 is 2.82 bits per heavy atom. The van der Waals surface area contributed by atoms with E-state index >= 15 is 0 Å². The highest BCUT2D eigenvalue weighted by Crippen LogP contribution is 2.57. The number of aromatic nitrogens is 2. The van der Waals surface area contributed by atoms with Crippen LogP contribution in [0.15, 0.2) is 4.52 Å². The number of hydrogen-bond acceptors (Lipinski definition) is 5. The molecule has 2 aliphatic rings. The van der Waals surface area contributed by atoms with Crippen LogP contribution in [-0.2, 0) is 9.53 Å². The van der Waals surface area contributed by atoms with Gasteiger partial charge >= 0.3 is 0 Å². The van der Waals surface area contributed by atoms with Gasteiger partial charge in [-0.15, -0.1) is 0 Å². The van der Waals surface area contributed by atoms with E-state index in [2.05, 4.69) is 24.0 Å². The number of ketones is 1. The van der Waals surface area contributed by atoms with Crippen molar-refractivity contribution in [2.24, 2.45) is 5.41 Å². The minimum Gasteiger partial charge on any atom is -0.380 e. The molecule has 1 aliphatic heterocycles. The maximum absolute atomic E-state index is 11.7. The van der Waals surface area contributed by atoms with E-state index in [4.69, 9.17) is 9.26 Å². The van der Waals surface area contributed by atoms with Crippen molar-refractivity contribution in [1.82, 2.24) is 10.1 Å². The fourth-order valence-electron chi connectivity index (χ4n) is 2.29. The maximum atomic E-state index is 11.7. The Bertz CT molecular complexity index is 452. The van der Waals surface area contributed by atoms with Crippen molar-refractivity contribution in [3.63, 3.8) is 0 Å². The molecule has 0 spiro atoms. The van der Waals surface area contributed by atoms with Gasteiger partial charge in [0, 0.05) is 12.3 Å². The van der Waals surface area contributed by atoms with Gasteiger partial charge < -0.3 is 9.26 Å². The summed E-state index contributed by atoms with van der Waals surface area (Å²) in [5.41, 5.74) is 0.272. The van der Waals surface area contributed by atoms with Crippen LogP contribution in [0, 0.1) is 5.41 Å². The lowest BCUT2D eigenvalue weighted by Crippen LogP contribution is -2.25. The lowest BCUT2D eigenvalue weighted by molar-refractivity contribution is -0.127. The normalized spacial score (nSPS) is 31.5. The summed E-state index contributed by atoms with van der Waals surface area (Å²) in [7, 11) is 0. The minimum absolute atomic E-state index is 0.140. The van der Waals surface area contributed by atoms with Gasteiger partial charge in [-0.05, 0) is 11.8 Å². The Hall–Kier alpha value is -1.23. The fraction of sp³-hybridized carbons (Fsp3) is 0.750. The molecule has 2 unspecified atom stereocenters. The number of hydrogen-bond donors (Lipinski definition) is 0. The monoisotopic (exact) mass is 236 g/mol. The highest BCUT2D eigenvalue weighted by atomic mass is 16.5. The number of rotatable bonds is 2. The second-order valence-electron chi connectivity index (χ2n) is 5.58. The summed E-state index contributed by atoms with van der Waals surface area (Å²) in [5.74, 6) is 1.32. The van der Waals surface area contributed by atoms with Gasteiger partial charge in [0.1, 0.15) is 11.7 Å². The molecule has 1 aliphatic carbocycles. The molecule has 5 nitrogen and oxygen atoms in total. The van der Waals surface area contributed by atoms with Crippen molar-refractivity contribution >= 4 is 5.78 Å². The first-order valence-corrected chi connectivity index (χ1v) is 6.02. The van der Waals surface area contributed by atoms with E-state index in [9.17, 15) is 4.79 Å². The lowest BCUT2D eigenvalue weighted by atomic mass is 10.0. The van der Waals surface area contributed by atoms with E-state index in [0.717, 1.165) is 12.2 Å². The second kappa shape index (κ2) is 3.63. The molecule has 2 atom stereocenters. The van der Waals surface area contributed by atoms with Crippen LogP contribution in [0.2, 0.25) is 0 Å². The third-order valence-electron chi connectivity index (χ3n) is 3.75. The smallest absolute Gasteiger partial charge is 0.239 e. The van der Waals surface area contributed by atoms with E-state index < -0.39 is 0 Å². The van der Waals surface area contributed by atoms with E-state index in [1.807, 2.05) is 0 Å². The number of nitrogens with zero attached hydrogens (tertiary/aromatic N) is 2. The van der Waals surface area contributed by atoms with Crippen LogP contribution in [0.5, 0.6) is 0 Å². The van der Waals surface area contributed by atoms with Crippen LogP contribution in [0.25, 0.3) is 0 Å². The Kier molecular flexibility index (Phi) is 2.33. The van der Waals surface area contributed by atoms with Gasteiger partial charge in [-0.25, -0.2) is 0 Å². The van der Waals surface area contributed by atoms with E-state index in [-0.39, 0.29) is 17.1 Å². The van der Waals surface area contributed by atoms with Crippen molar-refractivity contribution in [3.8, 4) is 0 Å². The Morgan fingerprint density at radius 1 is 1.41 bits per heavy atom. The molecular formula is C12H16N2O3. The van der Waals surface area contributed by atoms with Gasteiger partial charge in [0.25, 0.3) is 0 Å². The molecule has 1 saturated carbocycles. The van der Waals surface area contributed by atoms with Crippen LogP contribution in [0.1, 0.15) is 50.2 Å². The molecule has 92 valence electrons. The van der Waals surface area contributed by atoms with Gasteiger partial charge in [-0.2, -0.15) is 4.98 Å². The van der Waals surface area contributed by atoms with E-state index in [1.165, 1.54) is 0 Å². The predicted octanol–water partition coefficient (Wildman–Crippen LogP) is 1.66. The summed E-state index contributed by atoms with van der Waals surface area (Å²) in [6.45, 7) is 5.24. The zero-order valence-corrected chi connectivity index (χ0v) is 10.1. The van der Waals surface area contributed by atoms with Crippen molar-refractivity contribution in [2.45, 2.75) is 38.5 Å². The Labute approximate surface area is 99.5 Å². The van der Waals surface area contributed by atoms with Crippen molar-refractivity contribution < 1.29 is 14.1 Å². The van der Waals surface area contributed by atoms with Gasteiger partial charge in [0.2, 0.25) is 5.89 Å².